The predicted octanol–water partition coefficient (Wildman–Crippen LogP) is 10.8. The summed E-state index contributed by atoms with van der Waals surface area (Å²) in [6.07, 6.45) is 3.65. The normalized spacial score (nSPS) is 12.1. The fourth-order valence-corrected chi connectivity index (χ4v) is 7.35. The Morgan fingerprint density at radius 2 is 0.836 bits per heavy atom. The first-order valence-electron chi connectivity index (χ1n) is 19.3. The molecule has 0 radical (unpaired) electrons. The van der Waals surface area contributed by atoms with Crippen molar-refractivity contribution in [2.45, 2.75) is 65.6 Å². The van der Waals surface area contributed by atoms with E-state index in [9.17, 15) is 9.90 Å². The van der Waals surface area contributed by atoms with Gasteiger partial charge in [-0.3, -0.25) is 0 Å². The van der Waals surface area contributed by atoms with Crippen LogP contribution in [0.4, 0.5) is 0 Å². The molecule has 1 N–H and O–H groups in total. The second kappa shape index (κ2) is 17.9. The van der Waals surface area contributed by atoms with Crippen LogP contribution in [0.3, 0.4) is 0 Å². The molecule has 6 aromatic rings. The Morgan fingerprint density at radius 1 is 0.455 bits per heavy atom. The van der Waals surface area contributed by atoms with Gasteiger partial charge in [0.1, 0.15) is 36.2 Å². The number of ether oxygens (including phenoxy) is 4. The molecular weight excluding hydrogens is 685 g/mol. The number of benzene rings is 6. The van der Waals surface area contributed by atoms with E-state index < -0.39 is 5.97 Å². The molecule has 0 spiro atoms. The van der Waals surface area contributed by atoms with Crippen molar-refractivity contribution in [1.29, 1.82) is 0 Å². The molecule has 0 unspecified atom stereocenters. The number of carbonyl (C=O) groups is 1. The summed E-state index contributed by atoms with van der Waals surface area (Å²) in [6.45, 7) is 6.02. The number of carboxylic acid groups (broad SMARTS) is 1. The minimum atomic E-state index is -1.00. The lowest BCUT2D eigenvalue weighted by Crippen LogP contribution is -2.12. The minimum absolute atomic E-state index is 0.209. The van der Waals surface area contributed by atoms with Gasteiger partial charge in [0.25, 0.3) is 0 Å². The van der Waals surface area contributed by atoms with Gasteiger partial charge >= 0.3 is 5.97 Å². The van der Waals surface area contributed by atoms with Crippen molar-refractivity contribution in [2.24, 2.45) is 0 Å². The van der Waals surface area contributed by atoms with Crippen LogP contribution in [0.2, 0.25) is 0 Å². The third kappa shape index (κ3) is 8.87. The highest BCUT2D eigenvalue weighted by Crippen LogP contribution is 2.40. The van der Waals surface area contributed by atoms with Gasteiger partial charge in [-0.2, -0.15) is 0 Å². The third-order valence-electron chi connectivity index (χ3n) is 9.97. The summed E-state index contributed by atoms with van der Waals surface area (Å²) in [7, 11) is 0. The van der Waals surface area contributed by atoms with Crippen LogP contribution in [0.15, 0.2) is 127 Å². The first-order valence-corrected chi connectivity index (χ1v) is 19.3. The number of hydrogen-bond acceptors (Lipinski definition) is 5. The molecule has 0 aromatic heterocycles. The first kappa shape index (κ1) is 37.3. The maximum atomic E-state index is 13.0. The van der Waals surface area contributed by atoms with E-state index in [0.29, 0.717) is 63.4 Å². The molecule has 6 heteroatoms. The molecule has 0 saturated heterocycles. The van der Waals surface area contributed by atoms with E-state index in [1.165, 1.54) is 0 Å². The molecule has 0 heterocycles. The summed E-state index contributed by atoms with van der Waals surface area (Å²) in [5.41, 5.74) is 9.91. The highest BCUT2D eigenvalue weighted by atomic mass is 16.5. The van der Waals surface area contributed by atoms with Crippen molar-refractivity contribution < 1.29 is 28.8 Å². The van der Waals surface area contributed by atoms with Crippen molar-refractivity contribution in [3.05, 3.63) is 189 Å². The second-order valence-corrected chi connectivity index (χ2v) is 14.1. The molecule has 55 heavy (non-hydrogen) atoms. The van der Waals surface area contributed by atoms with Crippen molar-refractivity contribution in [3.8, 4) is 23.0 Å². The Kier molecular flexibility index (Phi) is 12.1. The van der Waals surface area contributed by atoms with Gasteiger partial charge in [0, 0.05) is 31.2 Å². The fourth-order valence-electron chi connectivity index (χ4n) is 7.35. The molecule has 280 valence electrons. The van der Waals surface area contributed by atoms with Crippen molar-refractivity contribution >= 4 is 5.97 Å². The van der Waals surface area contributed by atoms with Gasteiger partial charge < -0.3 is 24.1 Å². The highest BCUT2D eigenvalue weighted by molar-refractivity contribution is 5.91. The standard InChI is InChI=1S/C49H48O6/c1-3-26-52-45-36-18-11-19-38(45)30-42-24-25-43(49(50)51)44(48(42)55-33-35-16-9-6-10-17-35)31-41-23-13-20-37(46(41)53-27-4-2)29-40-22-12-21-39(28-36)47(40)54-32-34-14-7-5-8-15-34/h5-25H,3-4,26-33H2,1-2H3,(H,50,51). The highest BCUT2D eigenvalue weighted by Gasteiger charge is 2.25. The van der Waals surface area contributed by atoms with E-state index in [4.69, 9.17) is 18.9 Å². The molecule has 1 aliphatic rings. The maximum Gasteiger partial charge on any atom is 0.336 e. The van der Waals surface area contributed by atoms with Crippen LogP contribution >= 0.6 is 0 Å². The SMILES string of the molecule is CCCOc1c2cccc1Cc1ccc(C(=O)O)c(c1OCc1ccccc1)Cc1cccc(c1OCCC)Cc1cccc(c1OCc1ccccc1)C2. The summed E-state index contributed by atoms with van der Waals surface area (Å²) >= 11 is 0. The zero-order valence-corrected chi connectivity index (χ0v) is 31.7. The van der Waals surface area contributed by atoms with Gasteiger partial charge in [0.2, 0.25) is 0 Å². The second-order valence-electron chi connectivity index (χ2n) is 14.1. The van der Waals surface area contributed by atoms with Crippen LogP contribution in [0, 0.1) is 0 Å². The van der Waals surface area contributed by atoms with Crippen molar-refractivity contribution in [3.63, 3.8) is 0 Å². The van der Waals surface area contributed by atoms with Crippen LogP contribution in [0.5, 0.6) is 23.0 Å². The van der Waals surface area contributed by atoms with Crippen molar-refractivity contribution in [2.75, 3.05) is 13.2 Å². The van der Waals surface area contributed by atoms with Gasteiger partial charge in [0.05, 0.1) is 18.8 Å². The molecule has 6 aromatic carbocycles. The minimum Gasteiger partial charge on any atom is -0.493 e. The zero-order chi connectivity index (χ0) is 38.0. The van der Waals surface area contributed by atoms with Gasteiger partial charge in [-0.1, -0.05) is 135 Å². The Balaban J connectivity index is 1.44. The monoisotopic (exact) mass is 732 g/mol. The van der Waals surface area contributed by atoms with Gasteiger partial charge in [-0.15, -0.1) is 0 Å². The molecule has 7 rings (SSSR count). The summed E-state index contributed by atoms with van der Waals surface area (Å²) in [4.78, 5) is 13.0. The smallest absolute Gasteiger partial charge is 0.336 e. The molecule has 0 aliphatic heterocycles. The topological polar surface area (TPSA) is 74.2 Å². The summed E-state index contributed by atoms with van der Waals surface area (Å²) in [5, 5.41) is 10.6. The largest absolute Gasteiger partial charge is 0.493 e. The average molecular weight is 733 g/mol. The Labute approximate surface area is 324 Å². The van der Waals surface area contributed by atoms with E-state index in [-0.39, 0.29) is 5.56 Å². The molecule has 0 fully saturated rings. The molecular formula is C49H48O6. The number of hydrogen-bond donors (Lipinski definition) is 1. The lowest BCUT2D eigenvalue weighted by molar-refractivity contribution is 0.0695. The summed E-state index contributed by atoms with van der Waals surface area (Å²) < 4.78 is 26.7. The third-order valence-corrected chi connectivity index (χ3v) is 9.97. The number of carboxylic acids is 1. The number of para-hydroxylation sites is 3. The molecule has 8 bridgehead atoms. The van der Waals surface area contributed by atoms with Crippen LogP contribution in [0.25, 0.3) is 0 Å². The van der Waals surface area contributed by atoms with Crippen molar-refractivity contribution in [1.82, 2.24) is 0 Å². The van der Waals surface area contributed by atoms with Crippen LogP contribution < -0.4 is 18.9 Å². The van der Waals surface area contributed by atoms with Gasteiger partial charge in [-0.25, -0.2) is 4.79 Å². The van der Waals surface area contributed by atoms with Gasteiger partial charge in [-0.05, 0) is 69.0 Å². The Morgan fingerprint density at radius 3 is 1.25 bits per heavy atom. The van der Waals surface area contributed by atoms with Gasteiger partial charge in [0.15, 0.2) is 0 Å². The lowest BCUT2D eigenvalue weighted by Gasteiger charge is -2.23. The zero-order valence-electron chi connectivity index (χ0n) is 31.7. The maximum absolute atomic E-state index is 13.0. The number of rotatable bonds is 13. The molecule has 0 saturated carbocycles. The van der Waals surface area contributed by atoms with E-state index in [1.54, 1.807) is 6.07 Å². The van der Waals surface area contributed by atoms with E-state index in [2.05, 4.69) is 68.4 Å². The first-order chi connectivity index (χ1) is 27.0. The lowest BCUT2D eigenvalue weighted by atomic mass is 9.89. The molecule has 0 atom stereocenters. The molecule has 1 aliphatic carbocycles. The average Bonchev–Trinajstić information content (AvgIpc) is 3.20. The summed E-state index contributed by atoms with van der Waals surface area (Å²) in [6, 6.07) is 42.8. The quantitative estimate of drug-likeness (QED) is 0.127. The van der Waals surface area contributed by atoms with Crippen LogP contribution in [-0.2, 0) is 38.9 Å². The molecule has 6 nitrogen and oxygen atoms in total. The van der Waals surface area contributed by atoms with E-state index >= 15 is 0 Å². The van der Waals surface area contributed by atoms with Crippen LogP contribution in [0.1, 0.15) is 92.7 Å². The van der Waals surface area contributed by atoms with Crippen LogP contribution in [-0.4, -0.2) is 24.3 Å². The summed E-state index contributed by atoms with van der Waals surface area (Å²) in [5.74, 6) is 2.04. The number of fused-ring (bicyclic) bond motifs is 8. The number of aromatic carboxylic acids is 1. The van der Waals surface area contributed by atoms with E-state index in [1.807, 2.05) is 66.7 Å². The molecule has 0 amide bonds. The Hall–Kier alpha value is -6.01. The predicted molar refractivity (Wildman–Crippen MR) is 217 cm³/mol. The fraction of sp³-hybridized carbons (Fsp3) is 0.245. The Bertz CT molecular complexity index is 2230. The van der Waals surface area contributed by atoms with E-state index in [0.717, 1.165) is 80.2 Å².